The van der Waals surface area contributed by atoms with Crippen LogP contribution in [0.5, 0.6) is 0 Å². The van der Waals surface area contributed by atoms with Crippen LogP contribution in [0.25, 0.3) is 0 Å². The van der Waals surface area contributed by atoms with E-state index in [2.05, 4.69) is 10.6 Å². The van der Waals surface area contributed by atoms with Gasteiger partial charge in [0.25, 0.3) is 0 Å². The lowest BCUT2D eigenvalue weighted by Crippen LogP contribution is -2.38. The zero-order valence-corrected chi connectivity index (χ0v) is 11.4. The molecule has 19 heavy (non-hydrogen) atoms. The third-order valence-electron chi connectivity index (χ3n) is 3.40. The first-order valence-electron chi connectivity index (χ1n) is 6.70. The predicted molar refractivity (Wildman–Crippen MR) is 73.5 cm³/mol. The molecule has 1 atom stereocenters. The zero-order valence-electron chi connectivity index (χ0n) is 11.4. The minimum atomic E-state index is -0.148. The average molecular weight is 260 g/mol. The van der Waals surface area contributed by atoms with Crippen LogP contribution in [0.15, 0.2) is 24.3 Å². The van der Waals surface area contributed by atoms with Gasteiger partial charge in [0.1, 0.15) is 0 Å². The second-order valence-electron chi connectivity index (χ2n) is 5.14. The summed E-state index contributed by atoms with van der Waals surface area (Å²) in [6.07, 6.45) is 1.90. The van der Waals surface area contributed by atoms with Crippen molar-refractivity contribution in [3.8, 4) is 0 Å². The molecule has 1 aromatic carbocycles. The van der Waals surface area contributed by atoms with Crippen LogP contribution in [0.3, 0.4) is 0 Å². The van der Waals surface area contributed by atoms with Gasteiger partial charge in [-0.1, -0.05) is 24.3 Å². The molecule has 2 N–H and O–H groups in total. The van der Waals surface area contributed by atoms with E-state index in [-0.39, 0.29) is 30.3 Å². The number of nitrogens with one attached hydrogen (secondary N) is 2. The number of benzene rings is 1. The van der Waals surface area contributed by atoms with Crippen molar-refractivity contribution in [2.24, 2.45) is 5.92 Å². The van der Waals surface area contributed by atoms with E-state index in [0.717, 1.165) is 24.0 Å². The normalized spacial score (nSPS) is 15.7. The molecule has 102 valence electrons. The molecule has 1 fully saturated rings. The molecule has 0 spiro atoms. The van der Waals surface area contributed by atoms with Gasteiger partial charge < -0.3 is 10.6 Å². The highest BCUT2D eigenvalue weighted by molar-refractivity contribution is 5.87. The van der Waals surface area contributed by atoms with Gasteiger partial charge in [0, 0.05) is 5.92 Å². The van der Waals surface area contributed by atoms with Crippen molar-refractivity contribution in [3.63, 3.8) is 0 Å². The van der Waals surface area contributed by atoms with Crippen LogP contribution in [0.4, 0.5) is 0 Å². The molecule has 0 bridgehead atoms. The lowest BCUT2D eigenvalue weighted by atomic mass is 10.0. The first-order valence-corrected chi connectivity index (χ1v) is 6.70. The molecule has 0 aliphatic heterocycles. The number of carbonyl (C=O) groups excluding carboxylic acids is 2. The maximum Gasteiger partial charge on any atom is 0.239 e. The molecule has 4 nitrogen and oxygen atoms in total. The van der Waals surface area contributed by atoms with Crippen molar-refractivity contribution in [2.45, 2.75) is 32.7 Å². The molecule has 1 unspecified atom stereocenters. The summed E-state index contributed by atoms with van der Waals surface area (Å²) in [5.74, 6) is -0.00922. The second kappa shape index (κ2) is 5.87. The van der Waals surface area contributed by atoms with Gasteiger partial charge in [0.2, 0.25) is 11.8 Å². The third-order valence-corrected chi connectivity index (χ3v) is 3.40. The Labute approximate surface area is 113 Å². The van der Waals surface area contributed by atoms with Crippen LogP contribution >= 0.6 is 0 Å². The monoisotopic (exact) mass is 260 g/mol. The van der Waals surface area contributed by atoms with E-state index < -0.39 is 0 Å². The standard InChI is InChI=1S/C15H20N2O2/c1-10-5-3-4-6-13(10)11(2)17-14(18)9-16-15(19)12-7-8-12/h3-6,11-12H,7-9H2,1-2H3,(H,16,19)(H,17,18). The summed E-state index contributed by atoms with van der Waals surface area (Å²) >= 11 is 0. The van der Waals surface area contributed by atoms with E-state index >= 15 is 0 Å². The largest absolute Gasteiger partial charge is 0.348 e. The number of aryl methyl sites for hydroxylation is 1. The molecule has 0 heterocycles. The van der Waals surface area contributed by atoms with E-state index in [1.165, 1.54) is 0 Å². The predicted octanol–water partition coefficient (Wildman–Crippen LogP) is 1.70. The van der Waals surface area contributed by atoms with Crippen molar-refractivity contribution < 1.29 is 9.59 Å². The Balaban J connectivity index is 1.81. The molecular formula is C15H20N2O2. The highest BCUT2D eigenvalue weighted by Gasteiger charge is 2.29. The Hall–Kier alpha value is -1.84. The van der Waals surface area contributed by atoms with Gasteiger partial charge in [0.05, 0.1) is 12.6 Å². The van der Waals surface area contributed by atoms with Crippen LogP contribution in [-0.4, -0.2) is 18.4 Å². The van der Waals surface area contributed by atoms with Crippen molar-refractivity contribution in [2.75, 3.05) is 6.54 Å². The van der Waals surface area contributed by atoms with E-state index in [1.54, 1.807) is 0 Å². The topological polar surface area (TPSA) is 58.2 Å². The van der Waals surface area contributed by atoms with Gasteiger partial charge in [-0.2, -0.15) is 0 Å². The quantitative estimate of drug-likeness (QED) is 0.846. The van der Waals surface area contributed by atoms with Crippen molar-refractivity contribution in [1.29, 1.82) is 0 Å². The molecule has 1 aliphatic carbocycles. The summed E-state index contributed by atoms with van der Waals surface area (Å²) in [4.78, 5) is 23.2. The van der Waals surface area contributed by atoms with Gasteiger partial charge in [-0.3, -0.25) is 9.59 Å². The maximum absolute atomic E-state index is 11.8. The number of carbonyl (C=O) groups is 2. The molecule has 4 heteroatoms. The molecule has 1 aliphatic rings. The number of hydrogen-bond donors (Lipinski definition) is 2. The molecule has 2 rings (SSSR count). The Kier molecular flexibility index (Phi) is 4.20. The molecule has 0 saturated heterocycles. The Morgan fingerprint density at radius 3 is 2.63 bits per heavy atom. The van der Waals surface area contributed by atoms with Gasteiger partial charge >= 0.3 is 0 Å². The molecule has 0 aromatic heterocycles. The number of rotatable bonds is 5. The van der Waals surface area contributed by atoms with Gasteiger partial charge in [-0.25, -0.2) is 0 Å². The van der Waals surface area contributed by atoms with E-state index in [4.69, 9.17) is 0 Å². The zero-order chi connectivity index (χ0) is 13.8. The summed E-state index contributed by atoms with van der Waals surface area (Å²) in [7, 11) is 0. The Bertz CT molecular complexity index is 481. The van der Waals surface area contributed by atoms with E-state index in [0.29, 0.717) is 0 Å². The fourth-order valence-electron chi connectivity index (χ4n) is 2.10. The summed E-state index contributed by atoms with van der Waals surface area (Å²) < 4.78 is 0. The fourth-order valence-corrected chi connectivity index (χ4v) is 2.10. The fraction of sp³-hybridized carbons (Fsp3) is 0.467. The van der Waals surface area contributed by atoms with Crippen LogP contribution in [0.1, 0.15) is 36.9 Å². The minimum absolute atomic E-state index is 0.00121. The van der Waals surface area contributed by atoms with Crippen LogP contribution in [0, 0.1) is 12.8 Å². The number of amides is 2. The van der Waals surface area contributed by atoms with Crippen LogP contribution in [-0.2, 0) is 9.59 Å². The lowest BCUT2D eigenvalue weighted by Gasteiger charge is -2.16. The van der Waals surface area contributed by atoms with Gasteiger partial charge in [-0.15, -0.1) is 0 Å². The van der Waals surface area contributed by atoms with E-state index in [9.17, 15) is 9.59 Å². The molecule has 0 radical (unpaired) electrons. The first-order chi connectivity index (χ1) is 9.08. The molecular weight excluding hydrogens is 240 g/mol. The van der Waals surface area contributed by atoms with Gasteiger partial charge in [-0.05, 0) is 37.8 Å². The molecule has 1 aromatic rings. The Morgan fingerprint density at radius 2 is 2.00 bits per heavy atom. The highest BCUT2D eigenvalue weighted by Crippen LogP contribution is 2.28. The number of hydrogen-bond acceptors (Lipinski definition) is 2. The van der Waals surface area contributed by atoms with Crippen molar-refractivity contribution in [3.05, 3.63) is 35.4 Å². The Morgan fingerprint density at radius 1 is 1.32 bits per heavy atom. The van der Waals surface area contributed by atoms with Gasteiger partial charge in [0.15, 0.2) is 0 Å². The first kappa shape index (κ1) is 13.6. The van der Waals surface area contributed by atoms with Crippen LogP contribution in [0.2, 0.25) is 0 Å². The SMILES string of the molecule is Cc1ccccc1C(C)NC(=O)CNC(=O)C1CC1. The minimum Gasteiger partial charge on any atom is -0.348 e. The van der Waals surface area contributed by atoms with Crippen molar-refractivity contribution >= 4 is 11.8 Å². The third kappa shape index (κ3) is 3.81. The molecule has 1 saturated carbocycles. The highest BCUT2D eigenvalue weighted by atomic mass is 16.2. The maximum atomic E-state index is 11.8. The second-order valence-corrected chi connectivity index (χ2v) is 5.14. The lowest BCUT2D eigenvalue weighted by molar-refractivity contribution is -0.127. The summed E-state index contributed by atoms with van der Waals surface area (Å²) in [6.45, 7) is 4.03. The summed E-state index contributed by atoms with van der Waals surface area (Å²) in [6, 6.07) is 7.91. The molecule has 2 amide bonds. The summed E-state index contributed by atoms with van der Waals surface area (Å²) in [5.41, 5.74) is 2.25. The van der Waals surface area contributed by atoms with E-state index in [1.807, 2.05) is 38.1 Å². The smallest absolute Gasteiger partial charge is 0.239 e. The van der Waals surface area contributed by atoms with Crippen molar-refractivity contribution in [1.82, 2.24) is 10.6 Å². The van der Waals surface area contributed by atoms with Crippen LogP contribution < -0.4 is 10.6 Å². The summed E-state index contributed by atoms with van der Waals surface area (Å²) in [5, 5.41) is 5.56. The average Bonchev–Trinajstić information content (AvgIpc) is 3.20.